The smallest absolute Gasteiger partial charge is 0.260 e. The van der Waals surface area contributed by atoms with Crippen LogP contribution in [0.25, 0.3) is 17.0 Å². The number of carbonyl (C=O) groups is 1. The molecule has 1 atom stereocenters. The van der Waals surface area contributed by atoms with Gasteiger partial charge in [0, 0.05) is 44.9 Å². The van der Waals surface area contributed by atoms with Gasteiger partial charge in [-0.25, -0.2) is 0 Å². The topological polar surface area (TPSA) is 46.1 Å². The number of aromatic nitrogens is 1. The molecule has 0 spiro atoms. The number of anilines is 1. The van der Waals surface area contributed by atoms with Gasteiger partial charge in [-0.1, -0.05) is 65.3 Å². The molecule has 1 saturated heterocycles. The van der Waals surface area contributed by atoms with Gasteiger partial charge in [-0.2, -0.15) is 0 Å². The van der Waals surface area contributed by atoms with Crippen LogP contribution in [0, 0.1) is 6.92 Å². The van der Waals surface area contributed by atoms with Crippen molar-refractivity contribution in [2.45, 2.75) is 19.0 Å². The monoisotopic (exact) mass is 493 g/mol. The van der Waals surface area contributed by atoms with Crippen molar-refractivity contribution >= 4 is 63.5 Å². The molecule has 1 fully saturated rings. The van der Waals surface area contributed by atoms with Crippen LogP contribution in [-0.4, -0.2) is 16.0 Å². The van der Waals surface area contributed by atoms with E-state index in [1.807, 2.05) is 67.6 Å². The standard InChI is InChI=1S/C26H21Cl2N3OS/c1-16-12-20(28)10-11-22(16)29-26-30-25(32)24(33-26)13-18-15-31(23-5-3-2-4-21(18)23)14-17-6-8-19(27)9-7-17/h2-13,15,26,29H,14H2,1H3,(H,30,32)/b24-13-. The Morgan fingerprint density at radius 3 is 2.61 bits per heavy atom. The first-order valence-electron chi connectivity index (χ1n) is 10.5. The summed E-state index contributed by atoms with van der Waals surface area (Å²) in [6.45, 7) is 2.71. The summed E-state index contributed by atoms with van der Waals surface area (Å²) in [5.41, 5.74) is 5.02. The molecule has 0 aliphatic carbocycles. The molecule has 4 aromatic rings. The lowest BCUT2D eigenvalue weighted by Gasteiger charge is -2.14. The maximum Gasteiger partial charge on any atom is 0.260 e. The van der Waals surface area contributed by atoms with Crippen LogP contribution in [0.2, 0.25) is 10.0 Å². The quantitative estimate of drug-likeness (QED) is 0.297. The van der Waals surface area contributed by atoms with E-state index < -0.39 is 0 Å². The first-order valence-corrected chi connectivity index (χ1v) is 12.1. The van der Waals surface area contributed by atoms with E-state index >= 15 is 0 Å². The number of benzene rings is 3. The molecule has 0 bridgehead atoms. The van der Waals surface area contributed by atoms with Gasteiger partial charge in [0.1, 0.15) is 0 Å². The molecule has 1 aliphatic heterocycles. The lowest BCUT2D eigenvalue weighted by atomic mass is 10.1. The number of nitrogens with zero attached hydrogens (tertiary/aromatic N) is 1. The van der Waals surface area contributed by atoms with Gasteiger partial charge in [-0.3, -0.25) is 4.79 Å². The predicted molar refractivity (Wildman–Crippen MR) is 140 cm³/mol. The number of para-hydroxylation sites is 1. The maximum atomic E-state index is 12.7. The second-order valence-corrected chi connectivity index (χ2v) is 9.96. The van der Waals surface area contributed by atoms with Gasteiger partial charge in [0.2, 0.25) is 0 Å². The van der Waals surface area contributed by atoms with Crippen LogP contribution in [0.5, 0.6) is 0 Å². The Morgan fingerprint density at radius 2 is 1.82 bits per heavy atom. The molecule has 4 nitrogen and oxygen atoms in total. The molecule has 7 heteroatoms. The Bertz CT molecular complexity index is 1380. The zero-order valence-corrected chi connectivity index (χ0v) is 20.1. The van der Waals surface area contributed by atoms with Crippen molar-refractivity contribution in [1.29, 1.82) is 0 Å². The van der Waals surface area contributed by atoms with Crippen LogP contribution < -0.4 is 10.6 Å². The molecule has 0 radical (unpaired) electrons. The van der Waals surface area contributed by atoms with Crippen LogP contribution in [0.4, 0.5) is 5.69 Å². The van der Waals surface area contributed by atoms with Crippen molar-refractivity contribution in [3.63, 3.8) is 0 Å². The number of rotatable bonds is 5. The fraction of sp³-hybridized carbons (Fsp3) is 0.115. The van der Waals surface area contributed by atoms with Crippen molar-refractivity contribution in [1.82, 2.24) is 9.88 Å². The van der Waals surface area contributed by atoms with E-state index in [-0.39, 0.29) is 11.4 Å². The number of thioether (sulfide) groups is 1. The summed E-state index contributed by atoms with van der Waals surface area (Å²) in [6.07, 6.45) is 4.07. The van der Waals surface area contributed by atoms with Gasteiger partial charge >= 0.3 is 0 Å². The summed E-state index contributed by atoms with van der Waals surface area (Å²) in [5.74, 6) is -0.0846. The summed E-state index contributed by atoms with van der Waals surface area (Å²) in [4.78, 5) is 13.4. The second kappa shape index (κ2) is 9.18. The average Bonchev–Trinajstić information content (AvgIpc) is 3.32. The van der Waals surface area contributed by atoms with Crippen molar-refractivity contribution < 1.29 is 4.79 Å². The lowest BCUT2D eigenvalue weighted by molar-refractivity contribution is -0.116. The number of hydrogen-bond donors (Lipinski definition) is 2. The Hall–Kier alpha value is -2.86. The number of nitrogens with one attached hydrogen (secondary N) is 2. The predicted octanol–water partition coefficient (Wildman–Crippen LogP) is 6.90. The molecule has 0 saturated carbocycles. The van der Waals surface area contributed by atoms with Gasteiger partial charge in [0.15, 0.2) is 5.50 Å². The Kier molecular flexibility index (Phi) is 6.11. The molecule has 2 N–H and O–H groups in total. The summed E-state index contributed by atoms with van der Waals surface area (Å²) in [6, 6.07) is 21.8. The van der Waals surface area contributed by atoms with Gasteiger partial charge < -0.3 is 15.2 Å². The Morgan fingerprint density at radius 1 is 1.06 bits per heavy atom. The fourth-order valence-corrected chi connectivity index (χ4v) is 5.26. The van der Waals surface area contributed by atoms with E-state index in [4.69, 9.17) is 23.2 Å². The first kappa shape index (κ1) is 22.0. The number of fused-ring (bicyclic) bond motifs is 1. The van der Waals surface area contributed by atoms with Crippen LogP contribution in [0.3, 0.4) is 0 Å². The summed E-state index contributed by atoms with van der Waals surface area (Å²) in [5, 5.41) is 8.91. The highest BCUT2D eigenvalue weighted by Gasteiger charge is 2.27. The molecule has 2 heterocycles. The number of hydrogen-bond acceptors (Lipinski definition) is 3. The SMILES string of the molecule is Cc1cc(Cl)ccc1NC1NC(=O)/C(=C/c2cn(Cc3ccc(Cl)cc3)c3ccccc23)S1. The third kappa shape index (κ3) is 4.76. The minimum Gasteiger partial charge on any atom is -0.356 e. The van der Waals surface area contributed by atoms with E-state index in [1.54, 1.807) is 0 Å². The highest BCUT2D eigenvalue weighted by atomic mass is 35.5. The van der Waals surface area contributed by atoms with E-state index in [0.717, 1.165) is 44.8 Å². The minimum absolute atomic E-state index is 0.0846. The molecule has 3 aromatic carbocycles. The molecule has 5 rings (SSSR count). The Balaban J connectivity index is 1.41. The summed E-state index contributed by atoms with van der Waals surface area (Å²) < 4.78 is 2.20. The normalized spacial score (nSPS) is 17.0. The van der Waals surface area contributed by atoms with Crippen LogP contribution in [-0.2, 0) is 11.3 Å². The van der Waals surface area contributed by atoms with Crippen LogP contribution >= 0.6 is 35.0 Å². The van der Waals surface area contributed by atoms with Crippen molar-refractivity contribution in [3.05, 3.63) is 105 Å². The zero-order valence-electron chi connectivity index (χ0n) is 17.8. The molecule has 1 unspecified atom stereocenters. The summed E-state index contributed by atoms with van der Waals surface area (Å²) in [7, 11) is 0. The molecule has 166 valence electrons. The third-order valence-electron chi connectivity index (χ3n) is 5.58. The van der Waals surface area contributed by atoms with E-state index in [9.17, 15) is 4.79 Å². The van der Waals surface area contributed by atoms with Gasteiger partial charge in [0.25, 0.3) is 5.91 Å². The third-order valence-corrected chi connectivity index (χ3v) is 7.09. The first-order chi connectivity index (χ1) is 16.0. The second-order valence-electron chi connectivity index (χ2n) is 7.94. The average molecular weight is 494 g/mol. The highest BCUT2D eigenvalue weighted by molar-refractivity contribution is 8.05. The molecule has 1 aliphatic rings. The zero-order chi connectivity index (χ0) is 22.9. The highest BCUT2D eigenvalue weighted by Crippen LogP contribution is 2.33. The summed E-state index contributed by atoms with van der Waals surface area (Å²) >= 11 is 13.6. The number of carbonyl (C=O) groups excluding carboxylic acids is 1. The van der Waals surface area contributed by atoms with Crippen LogP contribution in [0.1, 0.15) is 16.7 Å². The molecular weight excluding hydrogens is 473 g/mol. The van der Waals surface area contributed by atoms with Crippen molar-refractivity contribution in [2.24, 2.45) is 0 Å². The molecule has 1 aromatic heterocycles. The van der Waals surface area contributed by atoms with Gasteiger partial charge in [-0.05, 0) is 60.5 Å². The lowest BCUT2D eigenvalue weighted by Crippen LogP contribution is -2.31. The Labute approximate surface area is 206 Å². The van der Waals surface area contributed by atoms with E-state index in [0.29, 0.717) is 9.93 Å². The van der Waals surface area contributed by atoms with Crippen LogP contribution in [0.15, 0.2) is 77.8 Å². The van der Waals surface area contributed by atoms with Gasteiger partial charge in [-0.15, -0.1) is 0 Å². The molecule has 33 heavy (non-hydrogen) atoms. The molecular formula is C26H21Cl2N3OS. The van der Waals surface area contributed by atoms with E-state index in [2.05, 4.69) is 33.5 Å². The largest absolute Gasteiger partial charge is 0.356 e. The maximum absolute atomic E-state index is 12.7. The van der Waals surface area contributed by atoms with Gasteiger partial charge in [0.05, 0.1) is 4.91 Å². The van der Waals surface area contributed by atoms with E-state index in [1.165, 1.54) is 11.8 Å². The number of aryl methyl sites for hydroxylation is 1. The number of halogens is 2. The van der Waals surface area contributed by atoms with Crippen molar-refractivity contribution in [3.8, 4) is 0 Å². The minimum atomic E-state index is -0.244. The fourth-order valence-electron chi connectivity index (χ4n) is 3.94. The molecule has 1 amide bonds. The van der Waals surface area contributed by atoms with Crippen molar-refractivity contribution in [2.75, 3.05) is 5.32 Å². The number of amides is 1.